The van der Waals surface area contributed by atoms with Gasteiger partial charge in [-0.1, -0.05) is 6.42 Å². The maximum atomic E-state index is 4.64. The van der Waals surface area contributed by atoms with Crippen molar-refractivity contribution >= 4 is 5.84 Å². The third kappa shape index (κ3) is 2.19. The van der Waals surface area contributed by atoms with Gasteiger partial charge < -0.3 is 5.32 Å². The summed E-state index contributed by atoms with van der Waals surface area (Å²) in [5, 5.41) is 3.64. The summed E-state index contributed by atoms with van der Waals surface area (Å²) in [4.78, 5) is 4.64. The Morgan fingerprint density at radius 1 is 1.20 bits per heavy atom. The molecule has 3 rings (SSSR count). The molecule has 0 aromatic rings. The lowest BCUT2D eigenvalue weighted by molar-refractivity contribution is 0.432. The summed E-state index contributed by atoms with van der Waals surface area (Å²) in [7, 11) is 0. The smallest absolute Gasteiger partial charge is 0.0963 e. The number of hydrogen-bond donors (Lipinski definition) is 1. The van der Waals surface area contributed by atoms with E-state index in [0.29, 0.717) is 0 Å². The number of nitrogens with zero attached hydrogens (tertiary/aromatic N) is 1. The average molecular weight is 206 g/mol. The molecule has 15 heavy (non-hydrogen) atoms. The molecule has 3 aliphatic rings. The van der Waals surface area contributed by atoms with Crippen molar-refractivity contribution in [3.05, 3.63) is 0 Å². The lowest BCUT2D eigenvalue weighted by atomic mass is 10.0. The second-order valence-electron chi connectivity index (χ2n) is 5.63. The third-order valence-corrected chi connectivity index (χ3v) is 4.35. The molecule has 0 amide bonds. The molecule has 2 heteroatoms. The minimum absolute atomic E-state index is 0.717. The molecule has 0 spiro atoms. The zero-order chi connectivity index (χ0) is 10.1. The number of hydrogen-bond acceptors (Lipinski definition) is 2. The number of rotatable bonds is 3. The van der Waals surface area contributed by atoms with Crippen LogP contribution in [0.1, 0.15) is 51.4 Å². The molecule has 0 radical (unpaired) electrons. The molecule has 1 heterocycles. The van der Waals surface area contributed by atoms with Crippen molar-refractivity contribution in [2.75, 3.05) is 13.1 Å². The van der Waals surface area contributed by atoms with Gasteiger partial charge in [-0.15, -0.1) is 0 Å². The molecular weight excluding hydrogens is 184 g/mol. The highest BCUT2D eigenvalue weighted by atomic mass is 15.0. The first-order valence-electron chi connectivity index (χ1n) is 6.66. The lowest BCUT2D eigenvalue weighted by Gasteiger charge is -2.16. The van der Waals surface area contributed by atoms with Gasteiger partial charge in [0.05, 0.1) is 5.84 Å². The molecule has 2 nitrogen and oxygen atoms in total. The van der Waals surface area contributed by atoms with Crippen molar-refractivity contribution < 1.29 is 0 Å². The van der Waals surface area contributed by atoms with E-state index in [4.69, 9.17) is 0 Å². The largest absolute Gasteiger partial charge is 0.373 e. The summed E-state index contributed by atoms with van der Waals surface area (Å²) in [6.45, 7) is 2.27. The normalized spacial score (nSPS) is 29.2. The van der Waals surface area contributed by atoms with Crippen molar-refractivity contribution in [3.8, 4) is 0 Å². The zero-order valence-electron chi connectivity index (χ0n) is 9.60. The van der Waals surface area contributed by atoms with E-state index in [-0.39, 0.29) is 0 Å². The van der Waals surface area contributed by atoms with Crippen molar-refractivity contribution in [1.29, 1.82) is 0 Å². The van der Waals surface area contributed by atoms with E-state index >= 15 is 0 Å². The number of nitrogens with one attached hydrogen (secondary N) is 1. The number of aliphatic imine (C=N–C) groups is 1. The zero-order valence-corrected chi connectivity index (χ0v) is 9.60. The van der Waals surface area contributed by atoms with Crippen LogP contribution in [0.4, 0.5) is 0 Å². The quantitative estimate of drug-likeness (QED) is 0.754. The van der Waals surface area contributed by atoms with E-state index in [2.05, 4.69) is 10.3 Å². The summed E-state index contributed by atoms with van der Waals surface area (Å²) < 4.78 is 0. The fourth-order valence-corrected chi connectivity index (χ4v) is 2.88. The van der Waals surface area contributed by atoms with Crippen LogP contribution in [-0.2, 0) is 0 Å². The number of amidine groups is 1. The van der Waals surface area contributed by atoms with Gasteiger partial charge in [0.2, 0.25) is 0 Å². The Kier molecular flexibility index (Phi) is 2.45. The fraction of sp³-hybridized carbons (Fsp3) is 0.923. The van der Waals surface area contributed by atoms with Crippen LogP contribution in [0, 0.1) is 11.3 Å². The van der Waals surface area contributed by atoms with Crippen LogP contribution < -0.4 is 5.32 Å². The first-order valence-corrected chi connectivity index (χ1v) is 6.66. The van der Waals surface area contributed by atoms with Crippen molar-refractivity contribution in [1.82, 2.24) is 5.32 Å². The topological polar surface area (TPSA) is 24.4 Å². The van der Waals surface area contributed by atoms with Crippen LogP contribution >= 0.6 is 0 Å². The van der Waals surface area contributed by atoms with Crippen molar-refractivity contribution in [2.24, 2.45) is 16.3 Å². The van der Waals surface area contributed by atoms with Crippen LogP contribution in [-0.4, -0.2) is 18.9 Å². The van der Waals surface area contributed by atoms with E-state index in [1.165, 1.54) is 63.7 Å². The predicted molar refractivity (Wildman–Crippen MR) is 63.2 cm³/mol. The lowest BCUT2D eigenvalue weighted by Crippen LogP contribution is -2.31. The SMILES string of the molecule is C1CCN=C(NCC2(C3CC3)CC2)CC1. The van der Waals surface area contributed by atoms with Crippen LogP contribution in [0.5, 0.6) is 0 Å². The first kappa shape index (κ1) is 9.68. The highest BCUT2D eigenvalue weighted by Gasteiger charge is 2.53. The average Bonchev–Trinajstić information content (AvgIpc) is 3.08. The Hall–Kier alpha value is -0.530. The highest BCUT2D eigenvalue weighted by molar-refractivity contribution is 5.82. The Morgan fingerprint density at radius 3 is 2.80 bits per heavy atom. The molecular formula is C13H22N2. The van der Waals surface area contributed by atoms with Gasteiger partial charge >= 0.3 is 0 Å². The van der Waals surface area contributed by atoms with E-state index in [0.717, 1.165) is 17.9 Å². The minimum atomic E-state index is 0.717. The summed E-state index contributed by atoms with van der Waals surface area (Å²) >= 11 is 0. The molecule has 0 saturated heterocycles. The van der Waals surface area contributed by atoms with Gasteiger partial charge in [-0.05, 0) is 49.9 Å². The summed E-state index contributed by atoms with van der Waals surface area (Å²) in [5.74, 6) is 2.37. The maximum Gasteiger partial charge on any atom is 0.0963 e. The van der Waals surface area contributed by atoms with Gasteiger partial charge in [-0.25, -0.2) is 0 Å². The monoisotopic (exact) mass is 206 g/mol. The van der Waals surface area contributed by atoms with Crippen molar-refractivity contribution in [3.63, 3.8) is 0 Å². The molecule has 2 fully saturated rings. The molecule has 84 valence electrons. The van der Waals surface area contributed by atoms with Crippen LogP contribution in [0.15, 0.2) is 4.99 Å². The van der Waals surface area contributed by atoms with Gasteiger partial charge in [0.25, 0.3) is 0 Å². The van der Waals surface area contributed by atoms with Gasteiger partial charge in [0.1, 0.15) is 0 Å². The van der Waals surface area contributed by atoms with Gasteiger partial charge in [0.15, 0.2) is 0 Å². The second-order valence-corrected chi connectivity index (χ2v) is 5.63. The van der Waals surface area contributed by atoms with E-state index in [1.807, 2.05) is 0 Å². The van der Waals surface area contributed by atoms with Gasteiger partial charge in [-0.2, -0.15) is 0 Å². The predicted octanol–water partition coefficient (Wildman–Crippen LogP) is 2.74. The maximum absolute atomic E-state index is 4.64. The molecule has 0 atom stereocenters. The van der Waals surface area contributed by atoms with Crippen LogP contribution in [0.3, 0.4) is 0 Å². The van der Waals surface area contributed by atoms with E-state index < -0.39 is 0 Å². The second kappa shape index (κ2) is 3.80. The van der Waals surface area contributed by atoms with E-state index in [1.54, 1.807) is 0 Å². The molecule has 0 aromatic heterocycles. The Balaban J connectivity index is 1.50. The standard InChI is InChI=1S/C13H22N2/c1-2-4-12(14-9-3-1)15-10-13(7-8-13)11-5-6-11/h11H,1-10H2,(H,14,15). The molecule has 2 aliphatic carbocycles. The van der Waals surface area contributed by atoms with E-state index in [9.17, 15) is 0 Å². The van der Waals surface area contributed by atoms with Gasteiger partial charge in [-0.3, -0.25) is 4.99 Å². The summed E-state index contributed by atoms with van der Waals surface area (Å²) in [6, 6.07) is 0. The highest BCUT2D eigenvalue weighted by Crippen LogP contribution is 2.60. The Bertz CT molecular complexity index is 262. The summed E-state index contributed by atoms with van der Waals surface area (Å²) in [6.07, 6.45) is 11.1. The summed E-state index contributed by atoms with van der Waals surface area (Å²) in [5.41, 5.74) is 0.717. The molecule has 0 unspecified atom stereocenters. The van der Waals surface area contributed by atoms with Gasteiger partial charge in [0, 0.05) is 19.5 Å². The van der Waals surface area contributed by atoms with Crippen LogP contribution in [0.25, 0.3) is 0 Å². The molecule has 1 N–H and O–H groups in total. The third-order valence-electron chi connectivity index (χ3n) is 4.35. The Morgan fingerprint density at radius 2 is 2.07 bits per heavy atom. The van der Waals surface area contributed by atoms with Crippen LogP contribution in [0.2, 0.25) is 0 Å². The fourth-order valence-electron chi connectivity index (χ4n) is 2.88. The molecule has 0 aromatic carbocycles. The molecule has 0 bridgehead atoms. The Labute approximate surface area is 92.5 Å². The first-order chi connectivity index (χ1) is 7.39. The molecule has 2 saturated carbocycles. The van der Waals surface area contributed by atoms with Crippen molar-refractivity contribution in [2.45, 2.75) is 51.4 Å². The molecule has 1 aliphatic heterocycles. The minimum Gasteiger partial charge on any atom is -0.373 e.